The number of hydrogen-bond donors (Lipinski definition) is 2. The number of rotatable bonds is 5. The molecule has 0 bridgehead atoms. The molecule has 1 atom stereocenters. The van der Waals surface area contributed by atoms with Crippen LogP contribution >= 0.6 is 12.2 Å². The fourth-order valence-corrected chi connectivity index (χ4v) is 2.52. The van der Waals surface area contributed by atoms with Crippen molar-refractivity contribution in [2.75, 3.05) is 5.32 Å². The lowest BCUT2D eigenvalue weighted by molar-refractivity contribution is -0.127. The molecule has 1 heterocycles. The van der Waals surface area contributed by atoms with E-state index in [1.807, 2.05) is 31.2 Å². The zero-order valence-corrected chi connectivity index (χ0v) is 13.0. The van der Waals surface area contributed by atoms with Gasteiger partial charge in [0, 0.05) is 12.1 Å². The zero-order valence-electron chi connectivity index (χ0n) is 12.2. The maximum absolute atomic E-state index is 12.0. The van der Waals surface area contributed by atoms with Crippen molar-refractivity contribution in [2.45, 2.75) is 39.3 Å². The molecule has 0 saturated carbocycles. The summed E-state index contributed by atoms with van der Waals surface area (Å²) in [5, 5.41) is 6.24. The van der Waals surface area contributed by atoms with Crippen molar-refractivity contribution in [3.05, 3.63) is 29.8 Å². The van der Waals surface area contributed by atoms with Gasteiger partial charge >= 0.3 is 0 Å². The maximum atomic E-state index is 12.0. The third kappa shape index (κ3) is 3.78. The molecule has 112 valence electrons. The van der Waals surface area contributed by atoms with E-state index in [2.05, 4.69) is 10.6 Å². The summed E-state index contributed by atoms with van der Waals surface area (Å²) in [4.78, 5) is 25.1. The first-order chi connectivity index (χ1) is 10.0. The van der Waals surface area contributed by atoms with Gasteiger partial charge < -0.3 is 10.6 Å². The molecule has 1 aliphatic rings. The normalized spacial score (nSPS) is 17.8. The highest BCUT2D eigenvalue weighted by Crippen LogP contribution is 2.16. The number of benzene rings is 1. The molecule has 21 heavy (non-hydrogen) atoms. The van der Waals surface area contributed by atoms with Crippen LogP contribution < -0.4 is 10.6 Å². The number of nitrogens with one attached hydrogen (secondary N) is 2. The Balaban J connectivity index is 2.06. The van der Waals surface area contributed by atoms with Gasteiger partial charge in [0.15, 0.2) is 5.11 Å². The average molecular weight is 305 g/mol. The van der Waals surface area contributed by atoms with Crippen molar-refractivity contribution in [3.8, 4) is 0 Å². The number of carbonyl (C=O) groups excluding carboxylic acids is 2. The van der Waals surface area contributed by atoms with Gasteiger partial charge in [0.25, 0.3) is 5.91 Å². The van der Waals surface area contributed by atoms with E-state index in [1.165, 1.54) is 0 Å². The van der Waals surface area contributed by atoms with Crippen LogP contribution in [0.3, 0.4) is 0 Å². The minimum atomic E-state index is -0.273. The zero-order chi connectivity index (χ0) is 15.4. The smallest absolute Gasteiger partial charge is 0.251 e. The van der Waals surface area contributed by atoms with E-state index in [4.69, 9.17) is 12.2 Å². The predicted molar refractivity (Wildman–Crippen MR) is 85.7 cm³/mol. The summed E-state index contributed by atoms with van der Waals surface area (Å²) < 4.78 is 0. The second kappa shape index (κ2) is 6.67. The topological polar surface area (TPSA) is 61.4 Å². The summed E-state index contributed by atoms with van der Waals surface area (Å²) in [5.74, 6) is -0.0295. The molecule has 1 aromatic rings. The van der Waals surface area contributed by atoms with E-state index in [-0.39, 0.29) is 17.9 Å². The Morgan fingerprint density at radius 1 is 1.48 bits per heavy atom. The molecule has 6 heteroatoms. The number of carbonyl (C=O) groups is 2. The van der Waals surface area contributed by atoms with Gasteiger partial charge in [-0.25, -0.2) is 0 Å². The van der Waals surface area contributed by atoms with E-state index < -0.39 is 0 Å². The molecule has 1 saturated heterocycles. The van der Waals surface area contributed by atoms with Gasteiger partial charge in [-0.3, -0.25) is 14.5 Å². The van der Waals surface area contributed by atoms with Crippen LogP contribution in [-0.2, 0) is 16.1 Å². The minimum Gasteiger partial charge on any atom is -0.351 e. The molecule has 0 aromatic heterocycles. The van der Waals surface area contributed by atoms with E-state index in [9.17, 15) is 9.59 Å². The molecular formula is C15H19N3O2S. The molecule has 0 unspecified atom stereocenters. The third-order valence-electron chi connectivity index (χ3n) is 3.25. The fourth-order valence-electron chi connectivity index (χ4n) is 2.19. The van der Waals surface area contributed by atoms with Crippen LogP contribution in [0.5, 0.6) is 0 Å². The first-order valence-electron chi connectivity index (χ1n) is 7.02. The lowest BCUT2D eigenvalue weighted by atomic mass is 10.2. The average Bonchev–Trinajstić information content (AvgIpc) is 2.66. The Labute approximate surface area is 129 Å². The highest BCUT2D eigenvalue weighted by atomic mass is 32.1. The maximum Gasteiger partial charge on any atom is 0.251 e. The molecule has 1 aliphatic heterocycles. The van der Waals surface area contributed by atoms with Crippen molar-refractivity contribution < 1.29 is 9.59 Å². The molecule has 5 nitrogen and oxygen atoms in total. The van der Waals surface area contributed by atoms with E-state index >= 15 is 0 Å². The summed E-state index contributed by atoms with van der Waals surface area (Å²) >= 11 is 5.16. The largest absolute Gasteiger partial charge is 0.351 e. The van der Waals surface area contributed by atoms with E-state index in [0.29, 0.717) is 18.1 Å². The van der Waals surface area contributed by atoms with Gasteiger partial charge in [0.1, 0.15) is 6.04 Å². The van der Waals surface area contributed by atoms with Gasteiger partial charge in [-0.15, -0.1) is 0 Å². The highest BCUT2D eigenvalue weighted by molar-refractivity contribution is 7.80. The number of thiocarbonyl (C=S) groups is 1. The summed E-state index contributed by atoms with van der Waals surface area (Å²) in [7, 11) is 0. The molecule has 2 N–H and O–H groups in total. The summed E-state index contributed by atoms with van der Waals surface area (Å²) in [6, 6.07) is 7.20. The lowest BCUT2D eigenvalue weighted by Gasteiger charge is -2.15. The number of amides is 2. The summed E-state index contributed by atoms with van der Waals surface area (Å²) in [5.41, 5.74) is 1.67. The molecular weight excluding hydrogens is 286 g/mol. The minimum absolute atomic E-state index is 0.00212. The Morgan fingerprint density at radius 2 is 2.24 bits per heavy atom. The number of hydrogen-bond acceptors (Lipinski definition) is 3. The monoisotopic (exact) mass is 305 g/mol. The van der Waals surface area contributed by atoms with Crippen molar-refractivity contribution in [2.24, 2.45) is 0 Å². The first-order valence-corrected chi connectivity index (χ1v) is 7.42. The quantitative estimate of drug-likeness (QED) is 0.817. The number of anilines is 1. The molecule has 0 aliphatic carbocycles. The fraction of sp³-hybridized carbons (Fsp3) is 0.400. The standard InChI is InChI=1S/C15H19N3O2S/c1-3-5-13(19)17-12-7-4-6-11(8-12)9-18-14(20)10(2)16-15(18)21/h4,6-8,10H,3,5,9H2,1-2H3,(H,16,21)(H,17,19)/t10-/m0/s1. The van der Waals surface area contributed by atoms with Crippen LogP contribution in [-0.4, -0.2) is 27.9 Å². The van der Waals surface area contributed by atoms with Crippen molar-refractivity contribution in [1.82, 2.24) is 10.2 Å². The Kier molecular flexibility index (Phi) is 4.90. The summed E-state index contributed by atoms with van der Waals surface area (Å²) in [6.45, 7) is 4.16. The van der Waals surface area contributed by atoms with Crippen LogP contribution in [0, 0.1) is 0 Å². The van der Waals surface area contributed by atoms with Crippen LogP contribution in [0.2, 0.25) is 0 Å². The molecule has 0 radical (unpaired) electrons. The second-order valence-corrected chi connectivity index (χ2v) is 5.48. The Morgan fingerprint density at radius 3 is 2.86 bits per heavy atom. The van der Waals surface area contributed by atoms with Crippen LogP contribution in [0.15, 0.2) is 24.3 Å². The molecule has 1 fully saturated rings. The van der Waals surface area contributed by atoms with Gasteiger partial charge in [0.2, 0.25) is 5.91 Å². The Hall–Kier alpha value is -1.95. The summed E-state index contributed by atoms with van der Waals surface area (Å²) in [6.07, 6.45) is 1.31. The first kappa shape index (κ1) is 15.4. The predicted octanol–water partition coefficient (Wildman–Crippen LogP) is 2.03. The van der Waals surface area contributed by atoms with Crippen LogP contribution in [0.4, 0.5) is 5.69 Å². The molecule has 1 aromatic carbocycles. The Bertz CT molecular complexity index is 574. The van der Waals surface area contributed by atoms with E-state index in [0.717, 1.165) is 17.7 Å². The van der Waals surface area contributed by atoms with Gasteiger partial charge in [-0.2, -0.15) is 0 Å². The van der Waals surface area contributed by atoms with Gasteiger partial charge in [-0.1, -0.05) is 19.1 Å². The van der Waals surface area contributed by atoms with Crippen molar-refractivity contribution >= 4 is 34.8 Å². The van der Waals surface area contributed by atoms with Crippen LogP contribution in [0.1, 0.15) is 32.3 Å². The lowest BCUT2D eigenvalue weighted by Crippen LogP contribution is -2.30. The molecule has 2 rings (SSSR count). The molecule has 0 spiro atoms. The van der Waals surface area contributed by atoms with Crippen molar-refractivity contribution in [1.29, 1.82) is 0 Å². The van der Waals surface area contributed by atoms with Crippen LogP contribution in [0.25, 0.3) is 0 Å². The van der Waals surface area contributed by atoms with Gasteiger partial charge in [-0.05, 0) is 43.3 Å². The van der Waals surface area contributed by atoms with Gasteiger partial charge in [0.05, 0.1) is 6.54 Å². The highest BCUT2D eigenvalue weighted by Gasteiger charge is 2.31. The van der Waals surface area contributed by atoms with Crippen molar-refractivity contribution in [3.63, 3.8) is 0 Å². The third-order valence-corrected chi connectivity index (χ3v) is 3.59. The second-order valence-electron chi connectivity index (χ2n) is 5.09. The molecule has 2 amide bonds. The SMILES string of the molecule is CCCC(=O)Nc1cccc(CN2C(=O)[C@H](C)NC2=S)c1. The van der Waals surface area contributed by atoms with E-state index in [1.54, 1.807) is 11.8 Å². The number of nitrogens with zero attached hydrogens (tertiary/aromatic N) is 1.